The number of carbonyl (C=O) groups excluding carboxylic acids is 1. The summed E-state index contributed by atoms with van der Waals surface area (Å²) in [5, 5.41) is 2.94. The molecule has 5 heteroatoms. The van der Waals surface area contributed by atoms with Crippen molar-refractivity contribution in [1.82, 2.24) is 5.32 Å². The monoisotopic (exact) mass is 272 g/mol. The smallest absolute Gasteiger partial charge is 0.227 e. The Balaban J connectivity index is 2.47. The molecule has 5 nitrogen and oxygen atoms in total. The molecule has 0 aromatic rings. The van der Waals surface area contributed by atoms with Crippen LogP contribution in [0.4, 0.5) is 0 Å². The van der Waals surface area contributed by atoms with Gasteiger partial charge in [0.2, 0.25) is 5.91 Å². The number of ether oxygens (including phenoxy) is 2. The van der Waals surface area contributed by atoms with Crippen molar-refractivity contribution in [2.45, 2.75) is 52.2 Å². The highest BCUT2D eigenvalue weighted by Crippen LogP contribution is 2.35. The normalized spacial score (nSPS) is 18.5. The maximum atomic E-state index is 12.4. The molecular formula is C14H28N2O3. The molecule has 0 unspecified atom stereocenters. The Bertz CT molecular complexity index is 259. The molecule has 1 saturated carbocycles. The summed E-state index contributed by atoms with van der Waals surface area (Å²) in [6, 6.07) is 0. The van der Waals surface area contributed by atoms with Crippen LogP contribution in [0.15, 0.2) is 0 Å². The first-order chi connectivity index (χ1) is 9.18. The van der Waals surface area contributed by atoms with E-state index in [0.29, 0.717) is 26.3 Å². The zero-order valence-electron chi connectivity index (χ0n) is 12.2. The Labute approximate surface area is 116 Å². The number of nitrogens with one attached hydrogen (secondary N) is 1. The fourth-order valence-electron chi connectivity index (χ4n) is 2.65. The van der Waals surface area contributed by atoms with Gasteiger partial charge in [0.1, 0.15) is 0 Å². The summed E-state index contributed by atoms with van der Waals surface area (Å²) < 4.78 is 10.8. The van der Waals surface area contributed by atoms with Crippen LogP contribution in [0.2, 0.25) is 0 Å². The molecule has 0 radical (unpaired) electrons. The Morgan fingerprint density at radius 3 is 2.26 bits per heavy atom. The lowest BCUT2D eigenvalue weighted by Gasteiger charge is -2.35. The van der Waals surface area contributed by atoms with Crippen molar-refractivity contribution in [2.75, 3.05) is 26.3 Å². The highest BCUT2D eigenvalue weighted by molar-refractivity contribution is 5.83. The molecule has 0 aromatic carbocycles. The number of nitrogens with two attached hydrogens (primary N) is 1. The summed E-state index contributed by atoms with van der Waals surface area (Å²) in [5.41, 5.74) is 5.47. The second-order valence-electron chi connectivity index (χ2n) is 5.10. The predicted octanol–water partition coefficient (Wildman–Crippen LogP) is 1.41. The zero-order chi connectivity index (χ0) is 14.1. The molecular weight excluding hydrogens is 244 g/mol. The van der Waals surface area contributed by atoms with Crippen molar-refractivity contribution in [1.29, 1.82) is 0 Å². The molecule has 1 aliphatic carbocycles. The van der Waals surface area contributed by atoms with Crippen LogP contribution in [0.5, 0.6) is 0 Å². The summed E-state index contributed by atoms with van der Waals surface area (Å²) in [5.74, 6) is 0.0547. The predicted molar refractivity (Wildman–Crippen MR) is 74.6 cm³/mol. The molecule has 1 rings (SSSR count). The highest BCUT2D eigenvalue weighted by Gasteiger charge is 2.38. The standard InChI is InChI=1S/C14H28N2O3/c1-3-18-12(19-4-2)10-16-13(17)14(11-15)8-6-5-7-9-14/h12H,3-11,15H2,1-2H3,(H,16,17). The van der Waals surface area contributed by atoms with E-state index in [4.69, 9.17) is 15.2 Å². The summed E-state index contributed by atoms with van der Waals surface area (Å²) in [7, 11) is 0. The van der Waals surface area contributed by atoms with Crippen molar-refractivity contribution in [2.24, 2.45) is 11.1 Å². The summed E-state index contributed by atoms with van der Waals surface area (Å²) in [6.45, 7) is 5.78. The van der Waals surface area contributed by atoms with E-state index < -0.39 is 0 Å². The van der Waals surface area contributed by atoms with E-state index in [9.17, 15) is 4.79 Å². The van der Waals surface area contributed by atoms with Crippen LogP contribution in [-0.4, -0.2) is 38.5 Å². The minimum atomic E-state index is -0.374. The largest absolute Gasteiger partial charge is 0.351 e. The van der Waals surface area contributed by atoms with Gasteiger partial charge in [0.05, 0.1) is 12.0 Å². The number of amides is 1. The highest BCUT2D eigenvalue weighted by atomic mass is 16.7. The van der Waals surface area contributed by atoms with Gasteiger partial charge < -0.3 is 20.5 Å². The Kier molecular flexibility index (Phi) is 7.34. The van der Waals surface area contributed by atoms with Gasteiger partial charge in [-0.1, -0.05) is 19.3 Å². The third kappa shape index (κ3) is 4.75. The molecule has 0 atom stereocenters. The average molecular weight is 272 g/mol. The summed E-state index contributed by atoms with van der Waals surface area (Å²) in [6.07, 6.45) is 4.80. The molecule has 0 bridgehead atoms. The molecule has 1 fully saturated rings. The van der Waals surface area contributed by atoms with Crippen LogP contribution in [0.1, 0.15) is 46.0 Å². The SMILES string of the molecule is CCOC(CNC(=O)C1(CN)CCCCC1)OCC. The minimum Gasteiger partial charge on any atom is -0.351 e. The molecule has 19 heavy (non-hydrogen) atoms. The first-order valence-corrected chi connectivity index (χ1v) is 7.40. The van der Waals surface area contributed by atoms with Crippen LogP contribution in [0.3, 0.4) is 0 Å². The molecule has 0 heterocycles. The van der Waals surface area contributed by atoms with E-state index in [1.807, 2.05) is 13.8 Å². The molecule has 0 aromatic heterocycles. The Hall–Kier alpha value is -0.650. The molecule has 0 saturated heterocycles. The van der Waals surface area contributed by atoms with Crippen LogP contribution in [0, 0.1) is 5.41 Å². The van der Waals surface area contributed by atoms with Gasteiger partial charge in [-0.15, -0.1) is 0 Å². The minimum absolute atomic E-state index is 0.0547. The van der Waals surface area contributed by atoms with Crippen LogP contribution < -0.4 is 11.1 Å². The van der Waals surface area contributed by atoms with Gasteiger partial charge >= 0.3 is 0 Å². The molecule has 1 aliphatic rings. The zero-order valence-corrected chi connectivity index (χ0v) is 12.2. The van der Waals surface area contributed by atoms with Crippen LogP contribution in [0.25, 0.3) is 0 Å². The Morgan fingerprint density at radius 1 is 1.21 bits per heavy atom. The quantitative estimate of drug-likeness (QED) is 0.655. The van der Waals surface area contributed by atoms with Gasteiger partial charge in [-0.05, 0) is 26.7 Å². The van der Waals surface area contributed by atoms with Gasteiger partial charge in [-0.25, -0.2) is 0 Å². The lowest BCUT2D eigenvalue weighted by Crippen LogP contribution is -2.49. The van der Waals surface area contributed by atoms with Gasteiger partial charge in [0.25, 0.3) is 0 Å². The number of carbonyl (C=O) groups is 1. The van der Waals surface area contributed by atoms with E-state index in [1.165, 1.54) is 6.42 Å². The van der Waals surface area contributed by atoms with Gasteiger partial charge in [-0.3, -0.25) is 4.79 Å². The van der Waals surface area contributed by atoms with Crippen LogP contribution in [-0.2, 0) is 14.3 Å². The van der Waals surface area contributed by atoms with E-state index in [1.54, 1.807) is 0 Å². The van der Waals surface area contributed by atoms with Gasteiger partial charge in [-0.2, -0.15) is 0 Å². The van der Waals surface area contributed by atoms with Gasteiger partial charge in [0.15, 0.2) is 6.29 Å². The second kappa shape index (κ2) is 8.51. The van der Waals surface area contributed by atoms with Crippen LogP contribution >= 0.6 is 0 Å². The number of hydrogen-bond acceptors (Lipinski definition) is 4. The maximum absolute atomic E-state index is 12.4. The van der Waals surface area contributed by atoms with E-state index in [2.05, 4.69) is 5.32 Å². The molecule has 0 aliphatic heterocycles. The van der Waals surface area contributed by atoms with E-state index >= 15 is 0 Å². The molecule has 3 N–H and O–H groups in total. The maximum Gasteiger partial charge on any atom is 0.227 e. The number of hydrogen-bond donors (Lipinski definition) is 2. The Morgan fingerprint density at radius 2 is 1.79 bits per heavy atom. The third-order valence-electron chi connectivity index (χ3n) is 3.82. The van der Waals surface area contributed by atoms with E-state index in [0.717, 1.165) is 25.7 Å². The van der Waals surface area contributed by atoms with Crippen molar-refractivity contribution in [3.8, 4) is 0 Å². The summed E-state index contributed by atoms with van der Waals surface area (Å²) >= 11 is 0. The average Bonchev–Trinajstić information content (AvgIpc) is 2.45. The molecule has 1 amide bonds. The topological polar surface area (TPSA) is 73.6 Å². The number of rotatable bonds is 8. The fourth-order valence-corrected chi connectivity index (χ4v) is 2.65. The lowest BCUT2D eigenvalue weighted by molar-refractivity contribution is -0.146. The van der Waals surface area contributed by atoms with Gasteiger partial charge in [0, 0.05) is 19.8 Å². The van der Waals surface area contributed by atoms with Crippen molar-refractivity contribution >= 4 is 5.91 Å². The summed E-state index contributed by atoms with van der Waals surface area (Å²) in [4.78, 5) is 12.4. The molecule has 112 valence electrons. The van der Waals surface area contributed by atoms with E-state index in [-0.39, 0.29) is 17.6 Å². The second-order valence-corrected chi connectivity index (χ2v) is 5.10. The van der Waals surface area contributed by atoms with Crippen molar-refractivity contribution in [3.63, 3.8) is 0 Å². The third-order valence-corrected chi connectivity index (χ3v) is 3.82. The molecule has 0 spiro atoms. The lowest BCUT2D eigenvalue weighted by atomic mass is 9.73. The first-order valence-electron chi connectivity index (χ1n) is 7.40. The fraction of sp³-hybridized carbons (Fsp3) is 0.929. The van der Waals surface area contributed by atoms with Crippen molar-refractivity contribution in [3.05, 3.63) is 0 Å². The van der Waals surface area contributed by atoms with Crippen molar-refractivity contribution < 1.29 is 14.3 Å². The first kappa shape index (κ1) is 16.4.